The van der Waals surface area contributed by atoms with Crippen LogP contribution >= 0.6 is 12.2 Å². The fourth-order valence-corrected chi connectivity index (χ4v) is 2.97. The first kappa shape index (κ1) is 18.0. The van der Waals surface area contributed by atoms with E-state index in [0.29, 0.717) is 18.2 Å². The van der Waals surface area contributed by atoms with E-state index in [0.717, 1.165) is 17.2 Å². The first-order valence-corrected chi connectivity index (χ1v) is 8.83. The van der Waals surface area contributed by atoms with Crippen molar-refractivity contribution in [3.63, 3.8) is 0 Å². The molecular formula is C21H22N2O2S. The third kappa shape index (κ3) is 4.86. The molecule has 0 aliphatic heterocycles. The lowest BCUT2D eigenvalue weighted by atomic mass is 10.1. The fourth-order valence-electron chi connectivity index (χ4n) is 2.72. The third-order valence-electron chi connectivity index (χ3n) is 3.99. The van der Waals surface area contributed by atoms with Gasteiger partial charge in [0.15, 0.2) is 5.11 Å². The van der Waals surface area contributed by atoms with Crippen molar-refractivity contribution >= 4 is 23.0 Å². The second kappa shape index (κ2) is 8.54. The minimum absolute atomic E-state index is 0.594. The van der Waals surface area contributed by atoms with Gasteiger partial charge in [-0.2, -0.15) is 0 Å². The lowest BCUT2D eigenvalue weighted by molar-refractivity contribution is 0.360. The van der Waals surface area contributed by atoms with Crippen LogP contribution < -0.4 is 10.1 Å². The number of hydrogen-bond acceptors (Lipinski definition) is 3. The van der Waals surface area contributed by atoms with Crippen LogP contribution in [0.2, 0.25) is 0 Å². The minimum Gasteiger partial charge on any atom is -0.497 e. The van der Waals surface area contributed by atoms with Gasteiger partial charge in [-0.1, -0.05) is 35.9 Å². The average molecular weight is 366 g/mol. The van der Waals surface area contributed by atoms with Crippen molar-refractivity contribution in [2.45, 2.75) is 20.0 Å². The van der Waals surface area contributed by atoms with Gasteiger partial charge in [0.2, 0.25) is 0 Å². The predicted octanol–water partition coefficient (Wildman–Crippen LogP) is 5.00. The summed E-state index contributed by atoms with van der Waals surface area (Å²) in [4.78, 5) is 2.09. The molecule has 1 heterocycles. The van der Waals surface area contributed by atoms with Crippen LogP contribution in [-0.2, 0) is 13.1 Å². The van der Waals surface area contributed by atoms with Crippen LogP contribution in [0.15, 0.2) is 71.3 Å². The molecule has 0 fully saturated rings. The number of thiocarbonyl (C=S) groups is 1. The Morgan fingerprint density at radius 1 is 1.08 bits per heavy atom. The summed E-state index contributed by atoms with van der Waals surface area (Å²) >= 11 is 5.67. The van der Waals surface area contributed by atoms with Crippen molar-refractivity contribution in [2.75, 3.05) is 12.4 Å². The molecule has 0 aliphatic rings. The van der Waals surface area contributed by atoms with Gasteiger partial charge >= 0.3 is 0 Å². The number of rotatable bonds is 6. The van der Waals surface area contributed by atoms with Gasteiger partial charge in [0.1, 0.15) is 11.5 Å². The third-order valence-corrected chi connectivity index (χ3v) is 4.35. The summed E-state index contributed by atoms with van der Waals surface area (Å²) in [5.41, 5.74) is 3.32. The molecule has 1 aromatic heterocycles. The van der Waals surface area contributed by atoms with Crippen molar-refractivity contribution in [3.8, 4) is 5.75 Å². The molecule has 0 saturated heterocycles. The van der Waals surface area contributed by atoms with Crippen molar-refractivity contribution in [2.24, 2.45) is 0 Å². The van der Waals surface area contributed by atoms with E-state index in [4.69, 9.17) is 21.4 Å². The highest BCUT2D eigenvalue weighted by Crippen LogP contribution is 2.19. The van der Waals surface area contributed by atoms with Crippen molar-refractivity contribution in [1.29, 1.82) is 0 Å². The van der Waals surface area contributed by atoms with Crippen LogP contribution in [0.3, 0.4) is 0 Å². The normalized spacial score (nSPS) is 10.4. The molecule has 0 bridgehead atoms. The molecule has 0 unspecified atom stereocenters. The summed E-state index contributed by atoms with van der Waals surface area (Å²) in [6.45, 7) is 3.38. The SMILES string of the molecule is COc1cccc(NC(=S)N(Cc2cccc(C)c2)Cc2ccco2)c1. The largest absolute Gasteiger partial charge is 0.497 e. The Morgan fingerprint density at radius 2 is 1.92 bits per heavy atom. The number of nitrogens with one attached hydrogen (secondary N) is 1. The number of furan rings is 1. The summed E-state index contributed by atoms with van der Waals surface area (Å²) in [6, 6.07) is 20.0. The monoisotopic (exact) mass is 366 g/mol. The topological polar surface area (TPSA) is 37.6 Å². The molecule has 4 nitrogen and oxygen atoms in total. The van der Waals surface area contributed by atoms with E-state index in [-0.39, 0.29) is 0 Å². The number of methoxy groups -OCH3 is 1. The predicted molar refractivity (Wildman–Crippen MR) is 108 cm³/mol. The van der Waals surface area contributed by atoms with Crippen molar-refractivity contribution in [1.82, 2.24) is 4.90 Å². The molecule has 2 aromatic carbocycles. The molecule has 0 aliphatic carbocycles. The van der Waals surface area contributed by atoms with Gasteiger partial charge < -0.3 is 19.4 Å². The Bertz CT molecular complexity index is 862. The van der Waals surface area contributed by atoms with Crippen molar-refractivity contribution < 1.29 is 9.15 Å². The molecule has 1 N–H and O–H groups in total. The number of ether oxygens (including phenoxy) is 1. The maximum Gasteiger partial charge on any atom is 0.174 e. The van der Waals surface area contributed by atoms with E-state index >= 15 is 0 Å². The first-order valence-electron chi connectivity index (χ1n) is 8.42. The second-order valence-corrected chi connectivity index (χ2v) is 6.47. The van der Waals surface area contributed by atoms with Crippen LogP contribution in [0.5, 0.6) is 5.75 Å². The zero-order chi connectivity index (χ0) is 18.4. The summed E-state index contributed by atoms with van der Waals surface area (Å²) in [5, 5.41) is 3.94. The summed E-state index contributed by atoms with van der Waals surface area (Å²) < 4.78 is 10.8. The number of nitrogens with zero attached hydrogens (tertiary/aromatic N) is 1. The van der Waals surface area contributed by atoms with Gasteiger partial charge in [-0.3, -0.25) is 0 Å². The van der Waals surface area contributed by atoms with Crippen molar-refractivity contribution in [3.05, 3.63) is 83.8 Å². The highest BCUT2D eigenvalue weighted by atomic mass is 32.1. The number of hydrogen-bond donors (Lipinski definition) is 1. The van der Waals surface area contributed by atoms with Crippen LogP contribution in [0.1, 0.15) is 16.9 Å². The first-order chi connectivity index (χ1) is 12.6. The maximum absolute atomic E-state index is 5.67. The minimum atomic E-state index is 0.594. The lowest BCUT2D eigenvalue weighted by Crippen LogP contribution is -2.33. The summed E-state index contributed by atoms with van der Waals surface area (Å²) in [5.74, 6) is 1.65. The molecule has 26 heavy (non-hydrogen) atoms. The molecule has 0 saturated carbocycles. The van der Waals surface area contributed by atoms with E-state index in [9.17, 15) is 0 Å². The number of anilines is 1. The van der Waals surface area contributed by atoms with Gasteiger partial charge in [0.25, 0.3) is 0 Å². The highest BCUT2D eigenvalue weighted by Gasteiger charge is 2.13. The Kier molecular flexibility index (Phi) is 5.92. The molecule has 3 aromatic rings. The molecule has 3 rings (SSSR count). The molecule has 134 valence electrons. The summed E-state index contributed by atoms with van der Waals surface area (Å²) in [6.07, 6.45) is 1.68. The van der Waals surface area contributed by atoms with Gasteiger partial charge in [-0.15, -0.1) is 0 Å². The molecule has 5 heteroatoms. The molecule has 0 atom stereocenters. The van der Waals surface area contributed by atoms with Gasteiger partial charge in [-0.05, 0) is 49.0 Å². The number of aryl methyl sites for hydroxylation is 1. The van der Waals surface area contributed by atoms with E-state index < -0.39 is 0 Å². The Hall–Kier alpha value is -2.79. The van der Waals surface area contributed by atoms with Crippen LogP contribution in [0, 0.1) is 6.92 Å². The van der Waals surface area contributed by atoms with Gasteiger partial charge in [0.05, 0.1) is 19.9 Å². The smallest absolute Gasteiger partial charge is 0.174 e. The zero-order valence-corrected chi connectivity index (χ0v) is 15.8. The molecule has 0 amide bonds. The average Bonchev–Trinajstić information content (AvgIpc) is 3.14. The van der Waals surface area contributed by atoms with Gasteiger partial charge in [-0.25, -0.2) is 0 Å². The fraction of sp³-hybridized carbons (Fsp3) is 0.190. The van der Waals surface area contributed by atoms with Crippen LogP contribution in [0.25, 0.3) is 0 Å². The summed E-state index contributed by atoms with van der Waals surface area (Å²) in [7, 11) is 1.65. The van der Waals surface area contributed by atoms with E-state index in [1.54, 1.807) is 13.4 Å². The Labute approximate surface area is 159 Å². The highest BCUT2D eigenvalue weighted by molar-refractivity contribution is 7.80. The molecule has 0 radical (unpaired) electrons. The van der Waals surface area contributed by atoms with Crippen LogP contribution in [-0.4, -0.2) is 17.1 Å². The molecule has 0 spiro atoms. The van der Waals surface area contributed by atoms with E-state index in [2.05, 4.69) is 41.4 Å². The lowest BCUT2D eigenvalue weighted by Gasteiger charge is -2.25. The Morgan fingerprint density at radius 3 is 2.65 bits per heavy atom. The van der Waals surface area contributed by atoms with E-state index in [1.807, 2.05) is 36.4 Å². The van der Waals surface area contributed by atoms with E-state index in [1.165, 1.54) is 11.1 Å². The maximum atomic E-state index is 5.67. The van der Waals surface area contributed by atoms with Crippen LogP contribution in [0.4, 0.5) is 5.69 Å². The quantitative estimate of drug-likeness (QED) is 0.622. The zero-order valence-electron chi connectivity index (χ0n) is 14.9. The second-order valence-electron chi connectivity index (χ2n) is 6.09. The van der Waals surface area contributed by atoms with Gasteiger partial charge in [0, 0.05) is 18.3 Å². The Balaban J connectivity index is 1.78. The number of benzene rings is 2. The standard InChI is InChI=1S/C21H22N2O2S/c1-16-6-3-7-17(12-16)14-23(15-20-10-5-11-25-20)21(26)22-18-8-4-9-19(13-18)24-2/h3-13H,14-15H2,1-2H3,(H,22,26). The molecular weight excluding hydrogens is 344 g/mol.